The Morgan fingerprint density at radius 3 is 2.54 bits per heavy atom. The van der Waals surface area contributed by atoms with E-state index in [1.807, 2.05) is 0 Å². The molecule has 0 atom stereocenters. The van der Waals surface area contributed by atoms with Crippen molar-refractivity contribution in [1.82, 2.24) is 0 Å². The first kappa shape index (κ1) is 9.16. The minimum Gasteiger partial charge on any atom is -0.497 e. The van der Waals surface area contributed by atoms with Crippen LogP contribution in [0.2, 0.25) is 0 Å². The second-order valence-electron chi connectivity index (χ2n) is 2.37. The van der Waals surface area contributed by atoms with E-state index in [9.17, 15) is 4.79 Å². The fourth-order valence-corrected chi connectivity index (χ4v) is 0.855. The summed E-state index contributed by atoms with van der Waals surface area (Å²) in [6, 6.07) is 7.03. The van der Waals surface area contributed by atoms with Gasteiger partial charge in [0.05, 0.1) is 7.11 Å². The zero-order chi connectivity index (χ0) is 9.68. The van der Waals surface area contributed by atoms with Gasteiger partial charge >= 0.3 is 0 Å². The molecule has 0 saturated carbocycles. The summed E-state index contributed by atoms with van der Waals surface area (Å²) in [4.78, 5) is 10.1. The molecule has 0 aliphatic carbocycles. The molecule has 4 heteroatoms. The highest BCUT2D eigenvalue weighted by Crippen LogP contribution is 2.14. The van der Waals surface area contributed by atoms with Gasteiger partial charge in [-0.3, -0.25) is 0 Å². The van der Waals surface area contributed by atoms with Crippen molar-refractivity contribution in [2.75, 3.05) is 12.4 Å². The number of benzene rings is 1. The first-order chi connectivity index (χ1) is 6.26. The SMILES string of the molecule is COc1ccc(NC(N)=C=O)cc1. The van der Waals surface area contributed by atoms with Crippen LogP contribution in [0.4, 0.5) is 5.69 Å². The molecule has 0 spiro atoms. The van der Waals surface area contributed by atoms with Crippen molar-refractivity contribution in [3.05, 3.63) is 30.1 Å². The van der Waals surface area contributed by atoms with E-state index in [4.69, 9.17) is 10.5 Å². The lowest BCUT2D eigenvalue weighted by atomic mass is 10.3. The first-order valence-corrected chi connectivity index (χ1v) is 3.68. The van der Waals surface area contributed by atoms with Crippen molar-refractivity contribution in [2.24, 2.45) is 5.73 Å². The van der Waals surface area contributed by atoms with Crippen LogP contribution in [-0.2, 0) is 4.79 Å². The van der Waals surface area contributed by atoms with Gasteiger partial charge in [-0.25, -0.2) is 4.79 Å². The molecule has 0 aromatic heterocycles. The highest BCUT2D eigenvalue weighted by Gasteiger charge is 1.94. The van der Waals surface area contributed by atoms with Crippen LogP contribution in [0, 0.1) is 0 Å². The Bertz CT molecular complexity index is 326. The molecule has 0 heterocycles. The van der Waals surface area contributed by atoms with Gasteiger partial charge < -0.3 is 15.8 Å². The quantitative estimate of drug-likeness (QED) is 0.670. The summed E-state index contributed by atoms with van der Waals surface area (Å²) in [5.74, 6) is 2.26. The van der Waals surface area contributed by atoms with Crippen LogP contribution in [0.15, 0.2) is 30.1 Å². The van der Waals surface area contributed by atoms with Crippen LogP contribution < -0.4 is 15.8 Å². The number of methoxy groups -OCH3 is 1. The standard InChI is InChI=1S/C9H10N2O2/c1-13-8-4-2-7(3-5-8)11-9(10)6-12/h2-5,11H,10H2,1H3. The maximum atomic E-state index is 10.1. The second kappa shape index (κ2) is 4.18. The molecule has 0 amide bonds. The van der Waals surface area contributed by atoms with Crippen molar-refractivity contribution in [3.8, 4) is 5.75 Å². The Morgan fingerprint density at radius 2 is 2.08 bits per heavy atom. The van der Waals surface area contributed by atoms with E-state index in [0.29, 0.717) is 0 Å². The minimum atomic E-state index is -0.0369. The predicted octanol–water partition coefficient (Wildman–Crippen LogP) is 0.739. The summed E-state index contributed by atoms with van der Waals surface area (Å²) in [6.45, 7) is 0. The van der Waals surface area contributed by atoms with Crippen molar-refractivity contribution in [1.29, 1.82) is 0 Å². The highest BCUT2D eigenvalue weighted by atomic mass is 16.5. The number of ether oxygens (including phenoxy) is 1. The largest absolute Gasteiger partial charge is 0.497 e. The lowest BCUT2D eigenvalue weighted by molar-refractivity contribution is 0.415. The van der Waals surface area contributed by atoms with Crippen molar-refractivity contribution < 1.29 is 9.53 Å². The van der Waals surface area contributed by atoms with Gasteiger partial charge in [0.1, 0.15) is 5.75 Å². The maximum Gasteiger partial charge on any atom is 0.188 e. The zero-order valence-corrected chi connectivity index (χ0v) is 7.20. The molecule has 0 bridgehead atoms. The van der Waals surface area contributed by atoms with Crippen molar-refractivity contribution in [3.63, 3.8) is 0 Å². The van der Waals surface area contributed by atoms with Crippen LogP contribution in [0.1, 0.15) is 0 Å². The molecule has 4 nitrogen and oxygen atoms in total. The molecule has 13 heavy (non-hydrogen) atoms. The number of carbonyl (C=O) groups excluding carboxylic acids is 1. The summed E-state index contributed by atoms with van der Waals surface area (Å²) in [5, 5.41) is 2.66. The molecule has 0 aliphatic rings. The smallest absolute Gasteiger partial charge is 0.188 e. The minimum absolute atomic E-state index is 0.0369. The normalized spacial score (nSPS) is 8.69. The highest BCUT2D eigenvalue weighted by molar-refractivity contribution is 5.60. The van der Waals surface area contributed by atoms with E-state index >= 15 is 0 Å². The van der Waals surface area contributed by atoms with E-state index in [1.165, 1.54) is 0 Å². The molecule has 3 N–H and O–H groups in total. The van der Waals surface area contributed by atoms with Gasteiger partial charge in [0.2, 0.25) is 0 Å². The van der Waals surface area contributed by atoms with E-state index < -0.39 is 0 Å². The Hall–Kier alpha value is -1.93. The van der Waals surface area contributed by atoms with E-state index in [0.717, 1.165) is 11.4 Å². The average molecular weight is 178 g/mol. The number of anilines is 1. The summed E-state index contributed by atoms with van der Waals surface area (Å²) in [7, 11) is 1.59. The third-order valence-corrected chi connectivity index (χ3v) is 1.48. The maximum absolute atomic E-state index is 10.1. The zero-order valence-electron chi connectivity index (χ0n) is 7.20. The van der Waals surface area contributed by atoms with Gasteiger partial charge in [-0.1, -0.05) is 0 Å². The molecule has 68 valence electrons. The molecule has 0 aliphatic heterocycles. The van der Waals surface area contributed by atoms with Crippen LogP contribution >= 0.6 is 0 Å². The number of hydrogen-bond donors (Lipinski definition) is 2. The fourth-order valence-electron chi connectivity index (χ4n) is 0.855. The molecular weight excluding hydrogens is 168 g/mol. The van der Waals surface area contributed by atoms with Gasteiger partial charge in [-0.2, -0.15) is 0 Å². The molecule has 0 unspecified atom stereocenters. The molecule has 1 aromatic carbocycles. The summed E-state index contributed by atoms with van der Waals surface area (Å²) in [6.07, 6.45) is 0. The van der Waals surface area contributed by atoms with Crippen LogP contribution in [0.5, 0.6) is 5.75 Å². The van der Waals surface area contributed by atoms with Crippen molar-refractivity contribution >= 4 is 11.6 Å². The van der Waals surface area contributed by atoms with E-state index in [2.05, 4.69) is 5.32 Å². The number of rotatable bonds is 3. The van der Waals surface area contributed by atoms with Crippen molar-refractivity contribution in [2.45, 2.75) is 0 Å². The fraction of sp³-hybridized carbons (Fsp3) is 0.111. The summed E-state index contributed by atoms with van der Waals surface area (Å²) < 4.78 is 4.96. The molecule has 0 fully saturated rings. The van der Waals surface area contributed by atoms with Gasteiger partial charge in [0.25, 0.3) is 0 Å². The lowest BCUT2D eigenvalue weighted by Crippen LogP contribution is -2.09. The Kier molecular flexibility index (Phi) is 2.95. The number of hydrogen-bond acceptors (Lipinski definition) is 4. The Balaban J connectivity index is 2.75. The molecule has 1 aromatic rings. The lowest BCUT2D eigenvalue weighted by Gasteiger charge is -2.03. The van der Waals surface area contributed by atoms with Gasteiger partial charge in [-0.05, 0) is 24.3 Å². The Labute approximate surface area is 76.0 Å². The third-order valence-electron chi connectivity index (χ3n) is 1.48. The second-order valence-corrected chi connectivity index (χ2v) is 2.37. The number of nitrogens with two attached hydrogens (primary N) is 1. The monoisotopic (exact) mass is 178 g/mol. The molecular formula is C9H10N2O2. The Morgan fingerprint density at radius 1 is 1.46 bits per heavy atom. The van der Waals surface area contributed by atoms with Crippen LogP contribution in [0.3, 0.4) is 0 Å². The third kappa shape index (κ3) is 2.54. The van der Waals surface area contributed by atoms with Gasteiger partial charge in [0.15, 0.2) is 11.8 Å². The topological polar surface area (TPSA) is 64.3 Å². The van der Waals surface area contributed by atoms with E-state index in [1.54, 1.807) is 37.3 Å². The van der Waals surface area contributed by atoms with Crippen LogP contribution in [-0.4, -0.2) is 13.1 Å². The molecule has 0 saturated heterocycles. The van der Waals surface area contributed by atoms with Crippen LogP contribution in [0.25, 0.3) is 0 Å². The molecule has 0 radical (unpaired) electrons. The molecule has 1 rings (SSSR count). The summed E-state index contributed by atoms with van der Waals surface area (Å²) in [5.41, 5.74) is 5.95. The predicted molar refractivity (Wildman–Crippen MR) is 50.0 cm³/mol. The van der Waals surface area contributed by atoms with Gasteiger partial charge in [0, 0.05) is 5.69 Å². The first-order valence-electron chi connectivity index (χ1n) is 3.68. The average Bonchev–Trinajstić information content (AvgIpc) is 2.19. The summed E-state index contributed by atoms with van der Waals surface area (Å²) >= 11 is 0. The van der Waals surface area contributed by atoms with Gasteiger partial charge in [-0.15, -0.1) is 0 Å². The van der Waals surface area contributed by atoms with E-state index in [-0.39, 0.29) is 5.82 Å². The number of nitrogens with one attached hydrogen (secondary N) is 1.